The van der Waals surface area contributed by atoms with Crippen LogP contribution < -0.4 is 0 Å². The summed E-state index contributed by atoms with van der Waals surface area (Å²) in [6.07, 6.45) is 5.51. The number of unbranched alkanes of at least 4 members (excludes halogenated alkanes) is 1. The lowest BCUT2D eigenvalue weighted by atomic mass is 10.3. The Morgan fingerprint density at radius 2 is 2.21 bits per heavy atom. The Balaban J connectivity index is 3.50. The zero-order valence-electron chi connectivity index (χ0n) is 8.91. The summed E-state index contributed by atoms with van der Waals surface area (Å²) in [5, 5.41) is 0. The number of esters is 1. The first-order chi connectivity index (χ1) is 6.72. The van der Waals surface area contributed by atoms with Crippen molar-refractivity contribution in [1.29, 1.82) is 0 Å². The van der Waals surface area contributed by atoms with Crippen LogP contribution in [0.25, 0.3) is 0 Å². The van der Waals surface area contributed by atoms with Crippen LogP contribution in [0.4, 0.5) is 0 Å². The maximum absolute atomic E-state index is 10.9. The first-order valence-corrected chi connectivity index (χ1v) is 4.66. The lowest BCUT2D eigenvalue weighted by Crippen LogP contribution is -2.03. The van der Waals surface area contributed by atoms with E-state index in [2.05, 4.69) is 11.3 Å². The average Bonchev–Trinajstić information content (AvgIpc) is 2.21. The van der Waals surface area contributed by atoms with Crippen molar-refractivity contribution < 1.29 is 14.3 Å². The smallest absolute Gasteiger partial charge is 0.333 e. The summed E-state index contributed by atoms with van der Waals surface area (Å²) < 4.78 is 9.80. The van der Waals surface area contributed by atoms with Crippen LogP contribution in [-0.4, -0.2) is 26.3 Å². The molecule has 3 heteroatoms. The molecule has 0 aromatic heterocycles. The molecule has 0 N–H and O–H groups in total. The van der Waals surface area contributed by atoms with E-state index in [1.807, 2.05) is 6.08 Å². The summed E-state index contributed by atoms with van der Waals surface area (Å²) in [5.74, 6) is -0.306. The summed E-state index contributed by atoms with van der Waals surface area (Å²) in [7, 11) is 1.37. The van der Waals surface area contributed by atoms with Gasteiger partial charge in [-0.25, -0.2) is 4.79 Å². The number of allylic oxidation sites excluding steroid dienone is 1. The SMILES string of the molecule is C=CCCCOCC=C(C)C(=O)OC. The Bertz CT molecular complexity index is 207. The zero-order chi connectivity index (χ0) is 10.8. The highest BCUT2D eigenvalue weighted by atomic mass is 16.5. The van der Waals surface area contributed by atoms with Crippen molar-refractivity contribution in [3.63, 3.8) is 0 Å². The summed E-state index contributed by atoms with van der Waals surface area (Å²) in [6.45, 7) is 6.47. The first kappa shape index (κ1) is 12.9. The number of carbonyl (C=O) groups is 1. The van der Waals surface area contributed by atoms with Crippen molar-refractivity contribution in [3.8, 4) is 0 Å². The van der Waals surface area contributed by atoms with Gasteiger partial charge in [0.15, 0.2) is 0 Å². The van der Waals surface area contributed by atoms with Crippen molar-refractivity contribution >= 4 is 5.97 Å². The normalized spacial score (nSPS) is 11.1. The molecule has 0 radical (unpaired) electrons. The van der Waals surface area contributed by atoms with Gasteiger partial charge in [0, 0.05) is 12.2 Å². The van der Waals surface area contributed by atoms with Gasteiger partial charge in [0.1, 0.15) is 0 Å². The van der Waals surface area contributed by atoms with Crippen LogP contribution in [0, 0.1) is 0 Å². The summed E-state index contributed by atoms with van der Waals surface area (Å²) in [4.78, 5) is 10.9. The number of hydrogen-bond acceptors (Lipinski definition) is 3. The molecule has 0 fully saturated rings. The van der Waals surface area contributed by atoms with Crippen molar-refractivity contribution in [1.82, 2.24) is 0 Å². The molecule has 0 saturated carbocycles. The molecule has 0 spiro atoms. The highest BCUT2D eigenvalue weighted by Gasteiger charge is 2.00. The van der Waals surface area contributed by atoms with Gasteiger partial charge in [-0.3, -0.25) is 0 Å². The minimum atomic E-state index is -0.306. The van der Waals surface area contributed by atoms with Crippen LogP contribution in [0.3, 0.4) is 0 Å². The predicted molar refractivity (Wildman–Crippen MR) is 56.0 cm³/mol. The molecule has 0 bridgehead atoms. The van der Waals surface area contributed by atoms with Crippen LogP contribution in [0.1, 0.15) is 19.8 Å². The molecule has 0 heterocycles. The third kappa shape index (κ3) is 6.43. The first-order valence-electron chi connectivity index (χ1n) is 4.66. The second-order valence-corrected chi connectivity index (χ2v) is 2.88. The molecule has 0 rings (SSSR count). The number of carbonyl (C=O) groups excluding carboxylic acids is 1. The zero-order valence-corrected chi connectivity index (χ0v) is 8.91. The summed E-state index contributed by atoms with van der Waals surface area (Å²) >= 11 is 0. The molecule has 0 atom stereocenters. The highest BCUT2D eigenvalue weighted by molar-refractivity contribution is 5.87. The Kier molecular flexibility index (Phi) is 7.84. The Hall–Kier alpha value is -1.09. The van der Waals surface area contributed by atoms with Gasteiger partial charge in [-0.15, -0.1) is 6.58 Å². The summed E-state index contributed by atoms with van der Waals surface area (Å²) in [5.41, 5.74) is 0.580. The van der Waals surface area contributed by atoms with E-state index < -0.39 is 0 Å². The molecule has 14 heavy (non-hydrogen) atoms. The van der Waals surface area contributed by atoms with Crippen LogP contribution in [0.5, 0.6) is 0 Å². The lowest BCUT2D eigenvalue weighted by Gasteiger charge is -2.00. The molecule has 0 aromatic carbocycles. The van der Waals surface area contributed by atoms with E-state index in [0.717, 1.165) is 12.8 Å². The van der Waals surface area contributed by atoms with Crippen molar-refractivity contribution in [2.24, 2.45) is 0 Å². The molecule has 0 saturated heterocycles. The molecule has 0 aliphatic heterocycles. The highest BCUT2D eigenvalue weighted by Crippen LogP contribution is 1.96. The molecular formula is C11H18O3. The van der Waals surface area contributed by atoms with Gasteiger partial charge in [-0.2, -0.15) is 0 Å². The average molecular weight is 198 g/mol. The maximum atomic E-state index is 10.9. The molecule has 0 aromatic rings. The monoisotopic (exact) mass is 198 g/mol. The van der Waals surface area contributed by atoms with E-state index in [4.69, 9.17) is 4.74 Å². The standard InChI is InChI=1S/C11H18O3/c1-4-5-6-8-14-9-7-10(2)11(12)13-3/h4,7H,1,5-6,8-9H2,2-3H3. The topological polar surface area (TPSA) is 35.5 Å². The fourth-order valence-corrected chi connectivity index (χ4v) is 0.841. The van der Waals surface area contributed by atoms with Gasteiger partial charge in [-0.05, 0) is 25.8 Å². The van der Waals surface area contributed by atoms with Crippen LogP contribution in [0.2, 0.25) is 0 Å². The number of ether oxygens (including phenoxy) is 2. The lowest BCUT2D eigenvalue weighted by molar-refractivity contribution is -0.136. The third-order valence-corrected chi connectivity index (χ3v) is 1.71. The second kappa shape index (κ2) is 8.51. The van der Waals surface area contributed by atoms with Gasteiger partial charge < -0.3 is 9.47 Å². The van der Waals surface area contributed by atoms with Crippen molar-refractivity contribution in [2.75, 3.05) is 20.3 Å². The second-order valence-electron chi connectivity index (χ2n) is 2.88. The van der Waals surface area contributed by atoms with E-state index in [-0.39, 0.29) is 5.97 Å². The molecule has 0 aliphatic carbocycles. The molecule has 0 amide bonds. The van der Waals surface area contributed by atoms with Gasteiger partial charge >= 0.3 is 5.97 Å². The van der Waals surface area contributed by atoms with E-state index in [1.165, 1.54) is 7.11 Å². The van der Waals surface area contributed by atoms with Crippen LogP contribution in [-0.2, 0) is 14.3 Å². The molecule has 80 valence electrons. The molecular weight excluding hydrogens is 180 g/mol. The molecule has 0 unspecified atom stereocenters. The fraction of sp³-hybridized carbons (Fsp3) is 0.545. The summed E-state index contributed by atoms with van der Waals surface area (Å²) in [6, 6.07) is 0. The fourth-order valence-electron chi connectivity index (χ4n) is 0.841. The van der Waals surface area contributed by atoms with Gasteiger partial charge in [0.05, 0.1) is 13.7 Å². The Morgan fingerprint density at radius 3 is 2.79 bits per heavy atom. The van der Waals surface area contributed by atoms with Crippen LogP contribution in [0.15, 0.2) is 24.3 Å². The quantitative estimate of drug-likeness (QED) is 0.272. The van der Waals surface area contributed by atoms with E-state index in [9.17, 15) is 4.79 Å². The van der Waals surface area contributed by atoms with Crippen molar-refractivity contribution in [3.05, 3.63) is 24.3 Å². The Labute approximate surface area is 85.4 Å². The van der Waals surface area contributed by atoms with Gasteiger partial charge in [-0.1, -0.05) is 6.08 Å². The minimum absolute atomic E-state index is 0.306. The molecule has 0 aliphatic rings. The number of hydrogen-bond donors (Lipinski definition) is 0. The number of methoxy groups -OCH3 is 1. The van der Waals surface area contributed by atoms with Crippen LogP contribution >= 0.6 is 0 Å². The third-order valence-electron chi connectivity index (χ3n) is 1.71. The Morgan fingerprint density at radius 1 is 1.50 bits per heavy atom. The van der Waals surface area contributed by atoms with Gasteiger partial charge in [0.25, 0.3) is 0 Å². The van der Waals surface area contributed by atoms with Gasteiger partial charge in [0.2, 0.25) is 0 Å². The van der Waals surface area contributed by atoms with E-state index in [0.29, 0.717) is 18.8 Å². The van der Waals surface area contributed by atoms with E-state index >= 15 is 0 Å². The minimum Gasteiger partial charge on any atom is -0.466 e. The predicted octanol–water partition coefficient (Wildman–Crippen LogP) is 2.09. The molecule has 3 nitrogen and oxygen atoms in total. The van der Waals surface area contributed by atoms with E-state index in [1.54, 1.807) is 13.0 Å². The maximum Gasteiger partial charge on any atom is 0.333 e. The largest absolute Gasteiger partial charge is 0.466 e. The number of rotatable bonds is 7. The van der Waals surface area contributed by atoms with Crippen molar-refractivity contribution in [2.45, 2.75) is 19.8 Å².